The lowest BCUT2D eigenvalue weighted by atomic mass is 10.0. The highest BCUT2D eigenvalue weighted by atomic mass is 16.5. The SMILES string of the molecule is C=Cc1ccc(C(C)C)cc1OC(N)=O. The second kappa shape index (κ2) is 4.64. The van der Waals surface area contributed by atoms with E-state index in [1.807, 2.05) is 18.2 Å². The maximum Gasteiger partial charge on any atom is 0.409 e. The molecule has 0 aromatic heterocycles. The van der Waals surface area contributed by atoms with Crippen molar-refractivity contribution in [3.63, 3.8) is 0 Å². The molecule has 0 bridgehead atoms. The molecule has 1 rings (SSSR count). The molecular weight excluding hydrogens is 190 g/mol. The van der Waals surface area contributed by atoms with E-state index in [2.05, 4.69) is 20.4 Å². The topological polar surface area (TPSA) is 52.3 Å². The molecule has 1 aromatic carbocycles. The maximum absolute atomic E-state index is 10.7. The summed E-state index contributed by atoms with van der Waals surface area (Å²) < 4.78 is 4.89. The molecule has 0 aliphatic carbocycles. The van der Waals surface area contributed by atoms with Crippen molar-refractivity contribution in [3.05, 3.63) is 35.9 Å². The third-order valence-electron chi connectivity index (χ3n) is 2.13. The van der Waals surface area contributed by atoms with Gasteiger partial charge in [-0.25, -0.2) is 4.79 Å². The molecule has 2 N–H and O–H groups in total. The number of primary amides is 1. The average Bonchev–Trinajstić information content (AvgIpc) is 2.16. The fourth-order valence-electron chi connectivity index (χ4n) is 1.28. The number of carbonyl (C=O) groups excluding carboxylic acids is 1. The quantitative estimate of drug-likeness (QED) is 0.824. The molecule has 15 heavy (non-hydrogen) atoms. The minimum absolute atomic E-state index is 0.374. The first-order valence-corrected chi connectivity index (χ1v) is 4.78. The third-order valence-corrected chi connectivity index (χ3v) is 2.13. The van der Waals surface area contributed by atoms with Crippen molar-refractivity contribution in [2.75, 3.05) is 0 Å². The maximum atomic E-state index is 10.7. The van der Waals surface area contributed by atoms with Crippen molar-refractivity contribution in [3.8, 4) is 5.75 Å². The summed E-state index contributed by atoms with van der Waals surface area (Å²) in [5.41, 5.74) is 6.84. The molecule has 0 atom stereocenters. The summed E-state index contributed by atoms with van der Waals surface area (Å²) in [6.45, 7) is 7.77. The highest BCUT2D eigenvalue weighted by Crippen LogP contribution is 2.25. The first kappa shape index (κ1) is 11.3. The molecule has 1 aromatic rings. The van der Waals surface area contributed by atoms with Crippen LogP contribution in [0, 0.1) is 0 Å². The molecule has 0 saturated heterocycles. The molecule has 3 nitrogen and oxygen atoms in total. The third kappa shape index (κ3) is 2.84. The van der Waals surface area contributed by atoms with Gasteiger partial charge in [-0.1, -0.05) is 38.6 Å². The second-order valence-corrected chi connectivity index (χ2v) is 3.58. The Morgan fingerprint density at radius 2 is 2.20 bits per heavy atom. The van der Waals surface area contributed by atoms with Crippen molar-refractivity contribution in [2.24, 2.45) is 5.73 Å². The smallest absolute Gasteiger partial charge is 0.409 e. The van der Waals surface area contributed by atoms with Gasteiger partial charge in [0.15, 0.2) is 0 Å². The van der Waals surface area contributed by atoms with E-state index in [-0.39, 0.29) is 0 Å². The monoisotopic (exact) mass is 205 g/mol. The van der Waals surface area contributed by atoms with Gasteiger partial charge in [-0.3, -0.25) is 0 Å². The van der Waals surface area contributed by atoms with Gasteiger partial charge in [-0.05, 0) is 17.5 Å². The van der Waals surface area contributed by atoms with Crippen LogP contribution in [0.2, 0.25) is 0 Å². The van der Waals surface area contributed by atoms with E-state index in [0.29, 0.717) is 11.7 Å². The van der Waals surface area contributed by atoms with Crippen LogP contribution in [-0.2, 0) is 0 Å². The van der Waals surface area contributed by atoms with Crippen LogP contribution in [0.5, 0.6) is 5.75 Å². The van der Waals surface area contributed by atoms with Gasteiger partial charge in [-0.15, -0.1) is 0 Å². The zero-order valence-corrected chi connectivity index (χ0v) is 8.99. The Morgan fingerprint density at radius 3 is 2.67 bits per heavy atom. The predicted octanol–water partition coefficient (Wildman–Crippen LogP) is 2.91. The minimum Gasteiger partial charge on any atom is -0.410 e. The molecular formula is C12H15NO2. The fraction of sp³-hybridized carbons (Fsp3) is 0.250. The highest BCUT2D eigenvalue weighted by Gasteiger charge is 2.07. The summed E-state index contributed by atoms with van der Waals surface area (Å²) in [4.78, 5) is 10.7. The number of rotatable bonds is 3. The summed E-state index contributed by atoms with van der Waals surface area (Å²) in [6, 6.07) is 5.66. The molecule has 0 aliphatic heterocycles. The lowest BCUT2D eigenvalue weighted by molar-refractivity contribution is 0.210. The van der Waals surface area contributed by atoms with E-state index in [4.69, 9.17) is 10.5 Å². The number of nitrogens with two attached hydrogens (primary N) is 1. The minimum atomic E-state index is -0.806. The van der Waals surface area contributed by atoms with Crippen LogP contribution < -0.4 is 10.5 Å². The molecule has 80 valence electrons. The van der Waals surface area contributed by atoms with Gasteiger partial charge in [0.2, 0.25) is 0 Å². The largest absolute Gasteiger partial charge is 0.410 e. The van der Waals surface area contributed by atoms with Gasteiger partial charge in [-0.2, -0.15) is 0 Å². The Bertz CT molecular complexity index is 383. The summed E-state index contributed by atoms with van der Waals surface area (Å²) in [5.74, 6) is 0.836. The van der Waals surface area contributed by atoms with Crippen molar-refractivity contribution >= 4 is 12.2 Å². The molecule has 0 aliphatic rings. The van der Waals surface area contributed by atoms with Crippen LogP contribution in [0.4, 0.5) is 4.79 Å². The number of amides is 1. The number of benzene rings is 1. The molecule has 0 heterocycles. The molecule has 0 radical (unpaired) electrons. The van der Waals surface area contributed by atoms with Crippen LogP contribution in [0.3, 0.4) is 0 Å². The van der Waals surface area contributed by atoms with E-state index in [1.165, 1.54) is 0 Å². The summed E-state index contributed by atoms with van der Waals surface area (Å²) in [6.07, 6.45) is 0.821. The Balaban J connectivity index is 3.12. The Kier molecular flexibility index (Phi) is 3.50. The van der Waals surface area contributed by atoms with Crippen molar-refractivity contribution in [1.29, 1.82) is 0 Å². The molecule has 0 fully saturated rings. The highest BCUT2D eigenvalue weighted by molar-refractivity contribution is 5.71. The van der Waals surface area contributed by atoms with Crippen LogP contribution in [0.15, 0.2) is 24.8 Å². The van der Waals surface area contributed by atoms with Crippen molar-refractivity contribution in [1.82, 2.24) is 0 Å². The summed E-state index contributed by atoms with van der Waals surface area (Å²) >= 11 is 0. The molecule has 0 unspecified atom stereocenters. The standard InChI is InChI=1S/C12H15NO2/c1-4-9-5-6-10(8(2)3)7-11(9)15-12(13)14/h4-8H,1H2,2-3H3,(H2,13,14). The first-order chi connectivity index (χ1) is 7.04. The van der Waals surface area contributed by atoms with Crippen LogP contribution in [0.25, 0.3) is 6.08 Å². The van der Waals surface area contributed by atoms with Crippen molar-refractivity contribution < 1.29 is 9.53 Å². The Labute approximate surface area is 89.5 Å². The van der Waals surface area contributed by atoms with E-state index < -0.39 is 6.09 Å². The summed E-state index contributed by atoms with van der Waals surface area (Å²) in [5, 5.41) is 0. The van der Waals surface area contributed by atoms with Gasteiger partial charge >= 0.3 is 6.09 Å². The van der Waals surface area contributed by atoms with Crippen LogP contribution in [-0.4, -0.2) is 6.09 Å². The predicted molar refractivity (Wildman–Crippen MR) is 60.8 cm³/mol. The average molecular weight is 205 g/mol. The number of ether oxygens (including phenoxy) is 1. The van der Waals surface area contributed by atoms with Crippen LogP contribution in [0.1, 0.15) is 30.9 Å². The summed E-state index contributed by atoms with van der Waals surface area (Å²) in [7, 11) is 0. The lowest BCUT2D eigenvalue weighted by Gasteiger charge is -2.10. The van der Waals surface area contributed by atoms with E-state index in [1.54, 1.807) is 6.08 Å². The van der Waals surface area contributed by atoms with Crippen molar-refractivity contribution in [2.45, 2.75) is 19.8 Å². The molecule has 1 amide bonds. The Hall–Kier alpha value is -1.77. The van der Waals surface area contributed by atoms with Gasteiger partial charge in [0, 0.05) is 5.56 Å². The zero-order chi connectivity index (χ0) is 11.4. The van der Waals surface area contributed by atoms with Gasteiger partial charge in [0.25, 0.3) is 0 Å². The van der Waals surface area contributed by atoms with Gasteiger partial charge in [0.1, 0.15) is 5.75 Å². The second-order valence-electron chi connectivity index (χ2n) is 3.58. The number of carbonyl (C=O) groups is 1. The Morgan fingerprint density at radius 1 is 1.53 bits per heavy atom. The normalized spacial score (nSPS) is 10.1. The molecule has 0 spiro atoms. The van der Waals surface area contributed by atoms with E-state index in [9.17, 15) is 4.79 Å². The van der Waals surface area contributed by atoms with Gasteiger partial charge in [0.05, 0.1) is 0 Å². The lowest BCUT2D eigenvalue weighted by Crippen LogP contribution is -2.16. The van der Waals surface area contributed by atoms with E-state index >= 15 is 0 Å². The number of hydrogen-bond acceptors (Lipinski definition) is 2. The molecule has 3 heteroatoms. The zero-order valence-electron chi connectivity index (χ0n) is 8.99. The number of hydrogen-bond donors (Lipinski definition) is 1. The van der Waals surface area contributed by atoms with E-state index in [0.717, 1.165) is 11.1 Å². The van der Waals surface area contributed by atoms with Gasteiger partial charge < -0.3 is 10.5 Å². The first-order valence-electron chi connectivity index (χ1n) is 4.78. The molecule has 0 saturated carbocycles. The van der Waals surface area contributed by atoms with Crippen LogP contribution >= 0.6 is 0 Å². The fourth-order valence-corrected chi connectivity index (χ4v) is 1.28.